The second-order valence-electron chi connectivity index (χ2n) is 5.09. The molecule has 1 fully saturated rings. The second-order valence-corrected chi connectivity index (χ2v) is 6.10. The van der Waals surface area contributed by atoms with Gasteiger partial charge in [0.15, 0.2) is 5.13 Å². The quantitative estimate of drug-likeness (QED) is 0.925. The summed E-state index contributed by atoms with van der Waals surface area (Å²) in [4.78, 5) is 17.9. The van der Waals surface area contributed by atoms with Crippen molar-refractivity contribution in [3.8, 4) is 0 Å². The summed E-state index contributed by atoms with van der Waals surface area (Å²) in [5.41, 5.74) is 0.827. The standard InChI is InChI=1S/C14H16FN3OS/c1-9(19)16-11-3-2-6-18(8-11)14-17-12-5-4-10(15)7-13(12)20-14/h4-5,7,11H,2-3,6,8H2,1H3,(H,16,19). The summed E-state index contributed by atoms with van der Waals surface area (Å²) in [5.74, 6) is -0.231. The Balaban J connectivity index is 1.81. The lowest BCUT2D eigenvalue weighted by Crippen LogP contribution is -2.47. The maximum atomic E-state index is 13.2. The normalized spacial score (nSPS) is 19.3. The van der Waals surface area contributed by atoms with E-state index in [4.69, 9.17) is 0 Å². The lowest BCUT2D eigenvalue weighted by atomic mass is 10.1. The molecule has 1 aromatic carbocycles. The Morgan fingerprint density at radius 1 is 1.55 bits per heavy atom. The molecular formula is C14H16FN3OS. The number of amides is 1. The maximum Gasteiger partial charge on any atom is 0.217 e. The van der Waals surface area contributed by atoms with Crippen molar-refractivity contribution < 1.29 is 9.18 Å². The highest BCUT2D eigenvalue weighted by molar-refractivity contribution is 7.22. The fourth-order valence-electron chi connectivity index (χ4n) is 2.58. The molecule has 0 radical (unpaired) electrons. The molecule has 4 nitrogen and oxygen atoms in total. The Morgan fingerprint density at radius 2 is 2.40 bits per heavy atom. The monoisotopic (exact) mass is 293 g/mol. The number of anilines is 1. The Bertz CT molecular complexity index is 642. The number of fused-ring (bicyclic) bond motifs is 1. The number of halogens is 1. The first-order valence-corrected chi connectivity index (χ1v) is 7.51. The summed E-state index contributed by atoms with van der Waals surface area (Å²) in [6.07, 6.45) is 2.02. The zero-order valence-electron chi connectivity index (χ0n) is 11.2. The van der Waals surface area contributed by atoms with Gasteiger partial charge in [0.2, 0.25) is 5.91 Å². The van der Waals surface area contributed by atoms with Crippen LogP contribution in [0.25, 0.3) is 10.2 Å². The molecular weight excluding hydrogens is 277 g/mol. The smallest absolute Gasteiger partial charge is 0.217 e. The molecule has 2 heterocycles. The van der Waals surface area contributed by atoms with Gasteiger partial charge in [-0.05, 0) is 31.0 Å². The molecule has 20 heavy (non-hydrogen) atoms. The van der Waals surface area contributed by atoms with Crippen molar-refractivity contribution in [2.45, 2.75) is 25.8 Å². The summed E-state index contributed by atoms with van der Waals surface area (Å²) >= 11 is 1.50. The lowest BCUT2D eigenvalue weighted by Gasteiger charge is -2.32. The summed E-state index contributed by atoms with van der Waals surface area (Å²) < 4.78 is 14.1. The Kier molecular flexibility index (Phi) is 3.56. The van der Waals surface area contributed by atoms with Crippen molar-refractivity contribution in [3.05, 3.63) is 24.0 Å². The van der Waals surface area contributed by atoms with Crippen molar-refractivity contribution in [2.75, 3.05) is 18.0 Å². The summed E-state index contributed by atoms with van der Waals surface area (Å²) in [5, 5.41) is 3.86. The topological polar surface area (TPSA) is 45.2 Å². The third-order valence-corrected chi connectivity index (χ3v) is 4.52. The molecule has 2 aromatic rings. The predicted molar refractivity (Wildman–Crippen MR) is 78.6 cm³/mol. The Morgan fingerprint density at radius 3 is 3.20 bits per heavy atom. The molecule has 1 atom stereocenters. The van der Waals surface area contributed by atoms with Crippen LogP contribution < -0.4 is 10.2 Å². The molecule has 1 aromatic heterocycles. The molecule has 0 bridgehead atoms. The summed E-state index contributed by atoms with van der Waals surface area (Å²) in [6, 6.07) is 4.83. The number of aromatic nitrogens is 1. The van der Waals surface area contributed by atoms with Gasteiger partial charge in [-0.1, -0.05) is 11.3 Å². The van der Waals surface area contributed by atoms with E-state index in [1.54, 1.807) is 13.0 Å². The fraction of sp³-hybridized carbons (Fsp3) is 0.429. The SMILES string of the molecule is CC(=O)NC1CCCN(c2nc3ccc(F)cc3s2)C1. The molecule has 0 spiro atoms. The van der Waals surface area contributed by atoms with Crippen LogP contribution in [0.3, 0.4) is 0 Å². The van der Waals surface area contributed by atoms with Crippen LogP contribution in [-0.4, -0.2) is 30.0 Å². The van der Waals surface area contributed by atoms with Crippen molar-refractivity contribution in [2.24, 2.45) is 0 Å². The summed E-state index contributed by atoms with van der Waals surface area (Å²) in [6.45, 7) is 3.24. The van der Waals surface area contributed by atoms with Crippen LogP contribution in [-0.2, 0) is 4.79 Å². The first-order chi connectivity index (χ1) is 9.61. The first-order valence-electron chi connectivity index (χ1n) is 6.70. The van der Waals surface area contributed by atoms with Gasteiger partial charge in [0, 0.05) is 26.1 Å². The number of piperidine rings is 1. The maximum absolute atomic E-state index is 13.2. The van der Waals surface area contributed by atoms with Crippen LogP contribution in [0.2, 0.25) is 0 Å². The molecule has 1 amide bonds. The molecule has 1 aliphatic heterocycles. The van der Waals surface area contributed by atoms with Crippen molar-refractivity contribution >= 4 is 32.6 Å². The van der Waals surface area contributed by atoms with Gasteiger partial charge in [-0.15, -0.1) is 0 Å². The van der Waals surface area contributed by atoms with E-state index in [2.05, 4.69) is 15.2 Å². The van der Waals surface area contributed by atoms with Crippen molar-refractivity contribution in [3.63, 3.8) is 0 Å². The number of nitrogens with zero attached hydrogens (tertiary/aromatic N) is 2. The molecule has 106 valence electrons. The average molecular weight is 293 g/mol. The van der Waals surface area contributed by atoms with Crippen LogP contribution in [0.4, 0.5) is 9.52 Å². The minimum absolute atomic E-state index is 0.00298. The van der Waals surface area contributed by atoms with Crippen LogP contribution in [0.5, 0.6) is 0 Å². The van der Waals surface area contributed by atoms with Crippen molar-refractivity contribution in [1.29, 1.82) is 0 Å². The van der Waals surface area contributed by atoms with E-state index in [1.807, 2.05) is 0 Å². The van der Waals surface area contributed by atoms with Crippen molar-refractivity contribution in [1.82, 2.24) is 10.3 Å². The van der Waals surface area contributed by atoms with Crippen LogP contribution in [0, 0.1) is 5.82 Å². The second kappa shape index (κ2) is 5.36. The third-order valence-electron chi connectivity index (χ3n) is 3.44. The van der Waals surface area contributed by atoms with E-state index in [-0.39, 0.29) is 17.8 Å². The number of hydrogen-bond donors (Lipinski definition) is 1. The highest BCUT2D eigenvalue weighted by Gasteiger charge is 2.22. The first kappa shape index (κ1) is 13.3. The van der Waals surface area contributed by atoms with Gasteiger partial charge >= 0.3 is 0 Å². The van der Waals surface area contributed by atoms with Crippen LogP contribution in [0.15, 0.2) is 18.2 Å². The highest BCUT2D eigenvalue weighted by Crippen LogP contribution is 2.30. The van der Waals surface area contributed by atoms with E-state index in [1.165, 1.54) is 23.5 Å². The zero-order chi connectivity index (χ0) is 14.1. The molecule has 1 saturated heterocycles. The molecule has 0 aliphatic carbocycles. The molecule has 1 aliphatic rings. The molecule has 1 unspecified atom stereocenters. The van der Waals surface area contributed by atoms with Gasteiger partial charge in [-0.3, -0.25) is 4.79 Å². The Labute approximate surface area is 120 Å². The van der Waals surface area contributed by atoms with Gasteiger partial charge in [0.05, 0.1) is 10.2 Å². The van der Waals surface area contributed by atoms with Gasteiger partial charge in [0.25, 0.3) is 0 Å². The largest absolute Gasteiger partial charge is 0.352 e. The Hall–Kier alpha value is -1.69. The van der Waals surface area contributed by atoms with Crippen LogP contribution >= 0.6 is 11.3 Å². The van der Waals surface area contributed by atoms with E-state index >= 15 is 0 Å². The van der Waals surface area contributed by atoms with E-state index in [9.17, 15) is 9.18 Å². The highest BCUT2D eigenvalue weighted by atomic mass is 32.1. The number of hydrogen-bond acceptors (Lipinski definition) is 4. The number of carbonyl (C=O) groups is 1. The van der Waals surface area contributed by atoms with Gasteiger partial charge in [0.1, 0.15) is 5.82 Å². The number of nitrogens with one attached hydrogen (secondary N) is 1. The zero-order valence-corrected chi connectivity index (χ0v) is 12.0. The van der Waals surface area contributed by atoms with Gasteiger partial charge in [-0.25, -0.2) is 9.37 Å². The number of carbonyl (C=O) groups excluding carboxylic acids is 1. The minimum Gasteiger partial charge on any atom is -0.352 e. The van der Waals surface area contributed by atoms with Gasteiger partial charge in [-0.2, -0.15) is 0 Å². The lowest BCUT2D eigenvalue weighted by molar-refractivity contribution is -0.119. The molecule has 0 saturated carbocycles. The fourth-order valence-corrected chi connectivity index (χ4v) is 3.60. The number of thiazole rings is 1. The van der Waals surface area contributed by atoms with Crippen LogP contribution in [0.1, 0.15) is 19.8 Å². The van der Waals surface area contributed by atoms with E-state index < -0.39 is 0 Å². The average Bonchev–Trinajstić information content (AvgIpc) is 2.81. The minimum atomic E-state index is -0.234. The number of rotatable bonds is 2. The number of benzene rings is 1. The molecule has 1 N–H and O–H groups in total. The van der Waals surface area contributed by atoms with Gasteiger partial charge < -0.3 is 10.2 Å². The predicted octanol–water partition coefficient (Wildman–Crippen LogP) is 2.54. The van der Waals surface area contributed by atoms with E-state index in [0.717, 1.165) is 41.3 Å². The van der Waals surface area contributed by atoms with E-state index in [0.29, 0.717) is 0 Å². The molecule has 6 heteroatoms. The molecule has 3 rings (SSSR count). The summed E-state index contributed by atoms with van der Waals surface area (Å²) in [7, 11) is 0. The third kappa shape index (κ3) is 2.75.